The Morgan fingerprint density at radius 1 is 1.29 bits per heavy atom. The Bertz CT molecular complexity index is 259. The van der Waals surface area contributed by atoms with Crippen LogP contribution < -0.4 is 5.73 Å². The minimum Gasteiger partial charge on any atom is -0.379 e. The van der Waals surface area contributed by atoms with Crippen LogP contribution in [0.5, 0.6) is 0 Å². The minimum absolute atomic E-state index is 0.0747. The van der Waals surface area contributed by atoms with Crippen LogP contribution in [-0.4, -0.2) is 31.5 Å². The molecule has 0 radical (unpaired) electrons. The molecule has 2 saturated carbocycles. The molecule has 0 aliphatic heterocycles. The number of nitrogens with two attached hydrogens (primary N) is 1. The van der Waals surface area contributed by atoms with Gasteiger partial charge in [0.15, 0.2) is 0 Å². The smallest absolute Gasteiger partial charge is 0.0661 e. The van der Waals surface area contributed by atoms with Crippen LogP contribution in [0, 0.1) is 5.41 Å². The van der Waals surface area contributed by atoms with E-state index in [4.69, 9.17) is 15.2 Å². The molecule has 2 atom stereocenters. The summed E-state index contributed by atoms with van der Waals surface area (Å²) >= 11 is 0. The fraction of sp³-hybridized carbons (Fsp3) is 1.00. The summed E-state index contributed by atoms with van der Waals surface area (Å²) in [5.74, 6) is 0. The van der Waals surface area contributed by atoms with E-state index in [0.29, 0.717) is 17.6 Å². The summed E-state index contributed by atoms with van der Waals surface area (Å²) in [5.41, 5.74) is 6.44. The lowest BCUT2D eigenvalue weighted by atomic mass is 9.61. The van der Waals surface area contributed by atoms with Gasteiger partial charge in [0.1, 0.15) is 0 Å². The van der Waals surface area contributed by atoms with Crippen molar-refractivity contribution in [3.63, 3.8) is 0 Å². The van der Waals surface area contributed by atoms with Crippen LogP contribution in [0.2, 0.25) is 0 Å². The minimum atomic E-state index is -0.0747. The first-order valence-electron chi connectivity index (χ1n) is 6.92. The summed E-state index contributed by atoms with van der Waals surface area (Å²) in [5, 5.41) is 0. The van der Waals surface area contributed by atoms with Crippen molar-refractivity contribution in [2.45, 2.75) is 70.1 Å². The highest BCUT2D eigenvalue weighted by molar-refractivity contribution is 5.08. The molecule has 0 aromatic rings. The molecule has 2 N–H and O–H groups in total. The van der Waals surface area contributed by atoms with E-state index in [1.54, 1.807) is 7.11 Å². The molecule has 0 bridgehead atoms. The number of methoxy groups -OCH3 is 1. The molecule has 100 valence electrons. The van der Waals surface area contributed by atoms with E-state index < -0.39 is 0 Å². The van der Waals surface area contributed by atoms with Gasteiger partial charge in [0, 0.05) is 25.2 Å². The third-order valence-electron chi connectivity index (χ3n) is 4.96. The summed E-state index contributed by atoms with van der Waals surface area (Å²) in [6.07, 6.45) is 7.61. The second kappa shape index (κ2) is 4.87. The summed E-state index contributed by atoms with van der Waals surface area (Å²) in [6, 6.07) is 0.380. The van der Waals surface area contributed by atoms with Crippen molar-refractivity contribution in [2.24, 2.45) is 11.1 Å². The van der Waals surface area contributed by atoms with Crippen molar-refractivity contribution in [3.8, 4) is 0 Å². The van der Waals surface area contributed by atoms with Gasteiger partial charge in [-0.05, 0) is 39.5 Å². The van der Waals surface area contributed by atoms with Gasteiger partial charge in [-0.1, -0.05) is 12.8 Å². The molecule has 0 aromatic carbocycles. The van der Waals surface area contributed by atoms with E-state index in [-0.39, 0.29) is 5.60 Å². The first kappa shape index (κ1) is 13.3. The van der Waals surface area contributed by atoms with Gasteiger partial charge in [0.05, 0.1) is 11.7 Å². The van der Waals surface area contributed by atoms with Crippen molar-refractivity contribution in [1.82, 2.24) is 0 Å². The molecule has 3 heteroatoms. The highest BCUT2D eigenvalue weighted by Gasteiger charge is 2.55. The van der Waals surface area contributed by atoms with E-state index in [9.17, 15) is 0 Å². The SMILES string of the molecule is COC(C)(C)CCOC1CC(N)C12CCCC2. The Morgan fingerprint density at radius 3 is 2.47 bits per heavy atom. The molecule has 1 spiro atoms. The lowest BCUT2D eigenvalue weighted by molar-refractivity contribution is -0.133. The van der Waals surface area contributed by atoms with Crippen LogP contribution in [0.15, 0.2) is 0 Å². The normalized spacial score (nSPS) is 31.8. The van der Waals surface area contributed by atoms with Gasteiger partial charge in [-0.15, -0.1) is 0 Å². The van der Waals surface area contributed by atoms with Crippen LogP contribution in [0.3, 0.4) is 0 Å². The number of hydrogen-bond donors (Lipinski definition) is 1. The van der Waals surface area contributed by atoms with Crippen LogP contribution in [-0.2, 0) is 9.47 Å². The van der Waals surface area contributed by atoms with Gasteiger partial charge in [-0.25, -0.2) is 0 Å². The van der Waals surface area contributed by atoms with Crippen LogP contribution in [0.25, 0.3) is 0 Å². The summed E-state index contributed by atoms with van der Waals surface area (Å²) in [7, 11) is 1.76. The zero-order valence-corrected chi connectivity index (χ0v) is 11.5. The molecule has 3 nitrogen and oxygen atoms in total. The van der Waals surface area contributed by atoms with Gasteiger partial charge >= 0.3 is 0 Å². The maximum absolute atomic E-state index is 6.19. The van der Waals surface area contributed by atoms with Crippen LogP contribution in [0.1, 0.15) is 52.4 Å². The third kappa shape index (κ3) is 2.51. The van der Waals surface area contributed by atoms with Crippen LogP contribution >= 0.6 is 0 Å². The second-order valence-corrected chi connectivity index (χ2v) is 6.36. The van der Waals surface area contributed by atoms with Gasteiger partial charge in [-0.2, -0.15) is 0 Å². The Balaban J connectivity index is 1.77. The van der Waals surface area contributed by atoms with Crippen molar-refractivity contribution >= 4 is 0 Å². The molecule has 2 unspecified atom stereocenters. The van der Waals surface area contributed by atoms with Crippen molar-refractivity contribution in [3.05, 3.63) is 0 Å². The first-order chi connectivity index (χ1) is 8.00. The fourth-order valence-corrected chi connectivity index (χ4v) is 3.29. The predicted molar refractivity (Wildman–Crippen MR) is 68.9 cm³/mol. The van der Waals surface area contributed by atoms with E-state index in [1.807, 2.05) is 0 Å². The van der Waals surface area contributed by atoms with E-state index in [2.05, 4.69) is 13.8 Å². The van der Waals surface area contributed by atoms with E-state index in [0.717, 1.165) is 19.4 Å². The molecule has 2 rings (SSSR count). The van der Waals surface area contributed by atoms with Crippen LogP contribution in [0.4, 0.5) is 0 Å². The van der Waals surface area contributed by atoms with Gasteiger partial charge in [-0.3, -0.25) is 0 Å². The number of hydrogen-bond acceptors (Lipinski definition) is 3. The van der Waals surface area contributed by atoms with Crippen molar-refractivity contribution in [1.29, 1.82) is 0 Å². The number of ether oxygens (including phenoxy) is 2. The Hall–Kier alpha value is -0.120. The van der Waals surface area contributed by atoms with E-state index >= 15 is 0 Å². The maximum Gasteiger partial charge on any atom is 0.0661 e. The monoisotopic (exact) mass is 241 g/mol. The number of rotatable bonds is 5. The van der Waals surface area contributed by atoms with E-state index in [1.165, 1.54) is 25.7 Å². The molecular formula is C14H27NO2. The molecule has 0 saturated heterocycles. The third-order valence-corrected chi connectivity index (χ3v) is 4.96. The molecule has 0 amide bonds. The highest BCUT2D eigenvalue weighted by atomic mass is 16.5. The molecule has 2 aliphatic carbocycles. The molecule has 17 heavy (non-hydrogen) atoms. The first-order valence-corrected chi connectivity index (χ1v) is 6.92. The molecule has 2 fully saturated rings. The Kier molecular flexibility index (Phi) is 3.81. The Morgan fingerprint density at radius 2 is 1.94 bits per heavy atom. The average Bonchev–Trinajstić information content (AvgIpc) is 2.80. The average molecular weight is 241 g/mol. The Labute approximate surface area is 105 Å². The van der Waals surface area contributed by atoms with Gasteiger partial charge in [0.25, 0.3) is 0 Å². The lowest BCUT2D eigenvalue weighted by Crippen LogP contribution is -2.61. The summed E-state index contributed by atoms with van der Waals surface area (Å²) in [4.78, 5) is 0. The zero-order chi connectivity index (χ0) is 12.5. The van der Waals surface area contributed by atoms with Gasteiger partial charge < -0.3 is 15.2 Å². The highest BCUT2D eigenvalue weighted by Crippen LogP contribution is 2.53. The summed E-state index contributed by atoms with van der Waals surface area (Å²) in [6.45, 7) is 5.00. The molecular weight excluding hydrogens is 214 g/mol. The summed E-state index contributed by atoms with van der Waals surface area (Å²) < 4.78 is 11.5. The molecule has 0 heterocycles. The van der Waals surface area contributed by atoms with Crippen molar-refractivity contribution < 1.29 is 9.47 Å². The lowest BCUT2D eigenvalue weighted by Gasteiger charge is -2.52. The quantitative estimate of drug-likeness (QED) is 0.804. The largest absolute Gasteiger partial charge is 0.379 e. The fourth-order valence-electron chi connectivity index (χ4n) is 3.29. The maximum atomic E-state index is 6.19. The van der Waals surface area contributed by atoms with Crippen molar-refractivity contribution in [2.75, 3.05) is 13.7 Å². The second-order valence-electron chi connectivity index (χ2n) is 6.36. The zero-order valence-electron chi connectivity index (χ0n) is 11.5. The predicted octanol–water partition coefficient (Wildman–Crippen LogP) is 2.48. The molecule has 2 aliphatic rings. The standard InChI is InChI=1S/C14H27NO2/c1-13(2,16-3)8-9-17-12-10-11(15)14(12)6-4-5-7-14/h11-12H,4-10,15H2,1-3H3. The van der Waals surface area contributed by atoms with Gasteiger partial charge in [0.2, 0.25) is 0 Å². The molecule has 0 aromatic heterocycles. The topological polar surface area (TPSA) is 44.5 Å².